The van der Waals surface area contributed by atoms with Crippen LogP contribution in [0.4, 0.5) is 5.69 Å². The first-order valence-electron chi connectivity index (χ1n) is 6.30. The molecule has 1 aliphatic rings. The SMILES string of the molecule is NC(N)=NCC(=O)N1CCN(c2ccccc2)CC1. The lowest BCUT2D eigenvalue weighted by atomic mass is 10.2. The molecule has 102 valence electrons. The van der Waals surface area contributed by atoms with Gasteiger partial charge in [0.2, 0.25) is 5.91 Å². The van der Waals surface area contributed by atoms with E-state index < -0.39 is 0 Å². The zero-order valence-electron chi connectivity index (χ0n) is 10.8. The molecular formula is C13H19N5O. The first kappa shape index (κ1) is 13.2. The van der Waals surface area contributed by atoms with Gasteiger partial charge in [0.1, 0.15) is 6.54 Å². The highest BCUT2D eigenvalue weighted by Crippen LogP contribution is 2.15. The van der Waals surface area contributed by atoms with E-state index in [2.05, 4.69) is 22.0 Å². The van der Waals surface area contributed by atoms with Crippen LogP contribution >= 0.6 is 0 Å². The number of amides is 1. The summed E-state index contributed by atoms with van der Waals surface area (Å²) in [6.07, 6.45) is 0. The number of nitrogens with zero attached hydrogens (tertiary/aromatic N) is 3. The molecule has 1 aromatic carbocycles. The summed E-state index contributed by atoms with van der Waals surface area (Å²) in [5.41, 5.74) is 11.6. The highest BCUT2D eigenvalue weighted by atomic mass is 16.2. The third-order valence-corrected chi connectivity index (χ3v) is 3.15. The molecule has 1 saturated heterocycles. The number of nitrogens with two attached hydrogens (primary N) is 2. The second-order valence-corrected chi connectivity index (χ2v) is 4.44. The summed E-state index contributed by atoms with van der Waals surface area (Å²) in [6, 6.07) is 10.2. The zero-order chi connectivity index (χ0) is 13.7. The van der Waals surface area contributed by atoms with Gasteiger partial charge in [-0.3, -0.25) is 4.79 Å². The van der Waals surface area contributed by atoms with E-state index in [-0.39, 0.29) is 18.4 Å². The van der Waals surface area contributed by atoms with Crippen LogP contribution in [0.15, 0.2) is 35.3 Å². The van der Waals surface area contributed by atoms with Crippen LogP contribution in [-0.4, -0.2) is 49.5 Å². The van der Waals surface area contributed by atoms with Gasteiger partial charge in [-0.2, -0.15) is 0 Å². The standard InChI is InChI=1S/C13H19N5O/c14-13(15)16-10-12(19)18-8-6-17(7-9-18)11-4-2-1-3-5-11/h1-5H,6-10H2,(H4,14,15,16). The second-order valence-electron chi connectivity index (χ2n) is 4.44. The minimum atomic E-state index is -0.0451. The summed E-state index contributed by atoms with van der Waals surface area (Å²) in [5, 5.41) is 0. The van der Waals surface area contributed by atoms with Gasteiger partial charge in [-0.05, 0) is 12.1 Å². The third kappa shape index (κ3) is 3.61. The fourth-order valence-corrected chi connectivity index (χ4v) is 2.11. The molecule has 0 spiro atoms. The number of piperazine rings is 1. The fourth-order valence-electron chi connectivity index (χ4n) is 2.11. The quantitative estimate of drug-likeness (QED) is 0.573. The van der Waals surface area contributed by atoms with Crippen molar-refractivity contribution in [1.82, 2.24) is 4.90 Å². The van der Waals surface area contributed by atoms with Crippen molar-refractivity contribution in [2.75, 3.05) is 37.6 Å². The molecule has 6 heteroatoms. The van der Waals surface area contributed by atoms with Crippen LogP contribution in [0.3, 0.4) is 0 Å². The van der Waals surface area contributed by atoms with Crippen molar-refractivity contribution < 1.29 is 4.79 Å². The largest absolute Gasteiger partial charge is 0.370 e. The summed E-state index contributed by atoms with van der Waals surface area (Å²) in [6.45, 7) is 3.10. The number of carbonyl (C=O) groups is 1. The van der Waals surface area contributed by atoms with Gasteiger partial charge in [-0.15, -0.1) is 0 Å². The fraction of sp³-hybridized carbons (Fsp3) is 0.385. The summed E-state index contributed by atoms with van der Waals surface area (Å²) in [7, 11) is 0. The minimum absolute atomic E-state index is 0.0267. The Balaban J connectivity index is 1.86. The van der Waals surface area contributed by atoms with Crippen LogP contribution in [-0.2, 0) is 4.79 Å². The molecule has 0 saturated carbocycles. The van der Waals surface area contributed by atoms with Gasteiger partial charge >= 0.3 is 0 Å². The number of guanidine groups is 1. The monoisotopic (exact) mass is 261 g/mol. The van der Waals surface area contributed by atoms with E-state index in [1.165, 1.54) is 5.69 Å². The Bertz CT molecular complexity index is 447. The smallest absolute Gasteiger partial charge is 0.244 e. The lowest BCUT2D eigenvalue weighted by Gasteiger charge is -2.35. The van der Waals surface area contributed by atoms with Crippen molar-refractivity contribution in [3.05, 3.63) is 30.3 Å². The summed E-state index contributed by atoms with van der Waals surface area (Å²) < 4.78 is 0. The molecular weight excluding hydrogens is 242 g/mol. The van der Waals surface area contributed by atoms with E-state index in [4.69, 9.17) is 11.5 Å². The molecule has 2 rings (SSSR count). The lowest BCUT2D eigenvalue weighted by Crippen LogP contribution is -2.49. The Morgan fingerprint density at radius 2 is 1.74 bits per heavy atom. The van der Waals surface area contributed by atoms with Gasteiger partial charge in [0.15, 0.2) is 5.96 Å². The molecule has 1 aromatic rings. The Morgan fingerprint density at radius 1 is 1.11 bits per heavy atom. The third-order valence-electron chi connectivity index (χ3n) is 3.15. The van der Waals surface area contributed by atoms with E-state index >= 15 is 0 Å². The highest BCUT2D eigenvalue weighted by Gasteiger charge is 2.20. The Labute approximate surface area is 112 Å². The molecule has 1 heterocycles. The van der Waals surface area contributed by atoms with Crippen LogP contribution in [0.5, 0.6) is 0 Å². The van der Waals surface area contributed by atoms with Crippen molar-refractivity contribution in [3.63, 3.8) is 0 Å². The van der Waals surface area contributed by atoms with Crippen LogP contribution in [0, 0.1) is 0 Å². The number of benzene rings is 1. The van der Waals surface area contributed by atoms with Crippen LogP contribution < -0.4 is 16.4 Å². The van der Waals surface area contributed by atoms with Gasteiger partial charge in [-0.1, -0.05) is 18.2 Å². The van der Waals surface area contributed by atoms with Gasteiger partial charge in [0.05, 0.1) is 0 Å². The number of hydrogen-bond acceptors (Lipinski definition) is 3. The van der Waals surface area contributed by atoms with Crippen molar-refractivity contribution in [1.29, 1.82) is 0 Å². The first-order valence-corrected chi connectivity index (χ1v) is 6.30. The number of hydrogen-bond donors (Lipinski definition) is 2. The number of rotatable bonds is 3. The van der Waals surface area contributed by atoms with Crippen LogP contribution in [0.2, 0.25) is 0 Å². The van der Waals surface area contributed by atoms with Crippen LogP contribution in [0.1, 0.15) is 0 Å². The molecule has 19 heavy (non-hydrogen) atoms. The number of aliphatic imine (C=N–C) groups is 1. The van der Waals surface area contributed by atoms with E-state index in [1.54, 1.807) is 4.90 Å². The number of para-hydroxylation sites is 1. The molecule has 1 aliphatic heterocycles. The second kappa shape index (κ2) is 6.08. The summed E-state index contributed by atoms with van der Waals surface area (Å²) >= 11 is 0. The average Bonchev–Trinajstić information content (AvgIpc) is 2.46. The maximum absolute atomic E-state index is 11.8. The topological polar surface area (TPSA) is 87.9 Å². The van der Waals surface area contributed by atoms with E-state index in [0.29, 0.717) is 13.1 Å². The van der Waals surface area contributed by atoms with Gasteiger partial charge < -0.3 is 21.3 Å². The van der Waals surface area contributed by atoms with E-state index in [9.17, 15) is 4.79 Å². The summed E-state index contributed by atoms with van der Waals surface area (Å²) in [4.78, 5) is 19.6. The minimum Gasteiger partial charge on any atom is -0.370 e. The van der Waals surface area contributed by atoms with E-state index in [1.807, 2.05) is 18.2 Å². The predicted molar refractivity (Wildman–Crippen MR) is 75.9 cm³/mol. The van der Waals surface area contributed by atoms with Crippen molar-refractivity contribution >= 4 is 17.6 Å². The number of anilines is 1. The molecule has 0 radical (unpaired) electrons. The Hall–Kier alpha value is -2.24. The molecule has 0 atom stereocenters. The van der Waals surface area contributed by atoms with Crippen molar-refractivity contribution in [2.45, 2.75) is 0 Å². The summed E-state index contributed by atoms with van der Waals surface area (Å²) in [5.74, 6) is -0.0719. The molecule has 0 aromatic heterocycles. The zero-order valence-corrected chi connectivity index (χ0v) is 10.8. The normalized spacial score (nSPS) is 15.2. The molecule has 1 amide bonds. The van der Waals surface area contributed by atoms with Crippen molar-refractivity contribution in [3.8, 4) is 0 Å². The predicted octanol–water partition coefficient (Wildman–Crippen LogP) is -0.391. The Morgan fingerprint density at radius 3 is 2.32 bits per heavy atom. The molecule has 1 fully saturated rings. The molecule has 4 N–H and O–H groups in total. The van der Waals surface area contributed by atoms with Crippen molar-refractivity contribution in [2.24, 2.45) is 16.5 Å². The van der Waals surface area contributed by atoms with E-state index in [0.717, 1.165) is 13.1 Å². The molecule has 0 bridgehead atoms. The van der Waals surface area contributed by atoms with Gasteiger partial charge in [-0.25, -0.2) is 4.99 Å². The van der Waals surface area contributed by atoms with Gasteiger partial charge in [0.25, 0.3) is 0 Å². The maximum atomic E-state index is 11.8. The maximum Gasteiger partial charge on any atom is 0.244 e. The highest BCUT2D eigenvalue weighted by molar-refractivity contribution is 5.83. The number of carbonyl (C=O) groups excluding carboxylic acids is 1. The molecule has 6 nitrogen and oxygen atoms in total. The molecule has 0 unspecified atom stereocenters. The lowest BCUT2D eigenvalue weighted by molar-refractivity contribution is -0.129. The first-order chi connectivity index (χ1) is 9.16. The van der Waals surface area contributed by atoms with Crippen LogP contribution in [0.25, 0.3) is 0 Å². The molecule has 0 aliphatic carbocycles. The Kier molecular flexibility index (Phi) is 4.22. The van der Waals surface area contributed by atoms with Gasteiger partial charge in [0, 0.05) is 31.9 Å². The average molecular weight is 261 g/mol.